The van der Waals surface area contributed by atoms with Gasteiger partial charge in [-0.3, -0.25) is 14.9 Å². The standard InChI is InChI=1S/C16H15FN2O3S/c1-10(12-4-2-3-5-13(12)17)18(11-6-7-11)16(20)14-8-9-15(23-14)19(21)22/h2-5,8-11H,6-7H2,1H3. The maximum Gasteiger partial charge on any atom is 0.324 e. The van der Waals surface area contributed by atoms with Gasteiger partial charge >= 0.3 is 5.00 Å². The number of hydrogen-bond acceptors (Lipinski definition) is 4. The maximum absolute atomic E-state index is 14.0. The van der Waals surface area contributed by atoms with Crippen LogP contribution in [0.4, 0.5) is 9.39 Å². The molecule has 1 aliphatic carbocycles. The van der Waals surface area contributed by atoms with Gasteiger partial charge in [0.05, 0.1) is 15.8 Å². The van der Waals surface area contributed by atoms with Gasteiger partial charge in [0, 0.05) is 17.7 Å². The number of halogens is 1. The van der Waals surface area contributed by atoms with E-state index in [0.717, 1.165) is 24.2 Å². The summed E-state index contributed by atoms with van der Waals surface area (Å²) < 4.78 is 14.0. The first-order valence-corrected chi connectivity index (χ1v) is 8.12. The van der Waals surface area contributed by atoms with Crippen LogP contribution >= 0.6 is 11.3 Å². The van der Waals surface area contributed by atoms with Crippen molar-refractivity contribution in [1.29, 1.82) is 0 Å². The van der Waals surface area contributed by atoms with Crippen molar-refractivity contribution in [3.63, 3.8) is 0 Å². The zero-order chi connectivity index (χ0) is 16.6. The van der Waals surface area contributed by atoms with Crippen molar-refractivity contribution >= 4 is 22.2 Å². The molecule has 1 saturated carbocycles. The molecule has 0 bridgehead atoms. The van der Waals surface area contributed by atoms with E-state index in [2.05, 4.69) is 0 Å². The summed E-state index contributed by atoms with van der Waals surface area (Å²) in [6.45, 7) is 1.79. The number of thiophene rings is 1. The maximum atomic E-state index is 14.0. The van der Waals surface area contributed by atoms with Crippen LogP contribution in [-0.4, -0.2) is 21.8 Å². The van der Waals surface area contributed by atoms with Crippen LogP contribution in [0, 0.1) is 15.9 Å². The predicted octanol–water partition coefficient (Wildman–Crippen LogP) is 4.16. The second-order valence-corrected chi connectivity index (χ2v) is 6.60. The fourth-order valence-corrected chi connectivity index (χ4v) is 3.41. The Hall–Kier alpha value is -2.28. The Kier molecular flexibility index (Phi) is 4.12. The van der Waals surface area contributed by atoms with Crippen molar-refractivity contribution < 1.29 is 14.1 Å². The minimum atomic E-state index is -0.511. The Morgan fingerprint density at radius 2 is 2.04 bits per heavy atom. The Labute approximate surface area is 136 Å². The summed E-state index contributed by atoms with van der Waals surface area (Å²) in [5.74, 6) is -0.628. The van der Waals surface area contributed by atoms with E-state index >= 15 is 0 Å². The minimum Gasteiger partial charge on any atom is -0.328 e. The number of rotatable bonds is 5. The highest BCUT2D eigenvalue weighted by Gasteiger charge is 2.38. The molecule has 1 unspecified atom stereocenters. The van der Waals surface area contributed by atoms with E-state index in [-0.39, 0.29) is 22.8 Å². The lowest BCUT2D eigenvalue weighted by Crippen LogP contribution is -2.35. The van der Waals surface area contributed by atoms with Gasteiger partial charge in [-0.2, -0.15) is 0 Å². The van der Waals surface area contributed by atoms with Crippen LogP contribution in [0.5, 0.6) is 0 Å². The summed E-state index contributed by atoms with van der Waals surface area (Å²) in [5, 5.41) is 10.7. The van der Waals surface area contributed by atoms with Crippen LogP contribution in [0.3, 0.4) is 0 Å². The Morgan fingerprint density at radius 1 is 1.35 bits per heavy atom. The Bertz CT molecular complexity index is 757. The molecule has 1 aromatic carbocycles. The fraction of sp³-hybridized carbons (Fsp3) is 0.312. The van der Waals surface area contributed by atoms with Gasteiger partial charge in [-0.15, -0.1) is 0 Å². The van der Waals surface area contributed by atoms with E-state index in [4.69, 9.17) is 0 Å². The van der Waals surface area contributed by atoms with Gasteiger partial charge < -0.3 is 4.90 Å². The second kappa shape index (κ2) is 6.08. The van der Waals surface area contributed by atoms with Crippen molar-refractivity contribution in [2.24, 2.45) is 0 Å². The lowest BCUT2D eigenvalue weighted by atomic mass is 10.1. The third kappa shape index (κ3) is 3.10. The van der Waals surface area contributed by atoms with E-state index in [9.17, 15) is 19.3 Å². The number of nitro groups is 1. The first kappa shape index (κ1) is 15.6. The predicted molar refractivity (Wildman–Crippen MR) is 85.0 cm³/mol. The summed E-state index contributed by atoms with van der Waals surface area (Å²) in [7, 11) is 0. The van der Waals surface area contributed by atoms with E-state index in [1.807, 2.05) is 0 Å². The minimum absolute atomic E-state index is 0.0670. The molecule has 0 N–H and O–H groups in total. The van der Waals surface area contributed by atoms with Gasteiger partial charge in [0.1, 0.15) is 5.82 Å². The molecule has 1 atom stereocenters. The SMILES string of the molecule is CC(c1ccccc1F)N(C(=O)c1ccc([N+](=O)[O-])s1)C1CC1. The van der Waals surface area contributed by atoms with E-state index in [1.54, 1.807) is 30.0 Å². The highest BCUT2D eigenvalue weighted by atomic mass is 32.1. The summed E-state index contributed by atoms with van der Waals surface area (Å²) in [5.41, 5.74) is 0.457. The first-order chi connectivity index (χ1) is 11.0. The number of benzene rings is 1. The number of hydrogen-bond donors (Lipinski definition) is 0. The molecule has 1 amide bonds. The number of nitrogens with zero attached hydrogens (tertiary/aromatic N) is 2. The monoisotopic (exact) mass is 334 g/mol. The van der Waals surface area contributed by atoms with Gasteiger partial charge in [-0.25, -0.2) is 4.39 Å². The summed E-state index contributed by atoms with van der Waals surface area (Å²) in [6.07, 6.45) is 1.75. The molecule has 1 aromatic heterocycles. The van der Waals surface area contributed by atoms with Crippen molar-refractivity contribution in [1.82, 2.24) is 4.90 Å². The molecule has 5 nitrogen and oxygen atoms in total. The van der Waals surface area contributed by atoms with E-state index in [1.165, 1.54) is 18.2 Å². The van der Waals surface area contributed by atoms with Crippen molar-refractivity contribution in [3.05, 3.63) is 62.8 Å². The van der Waals surface area contributed by atoms with Gasteiger partial charge in [-0.1, -0.05) is 29.5 Å². The van der Waals surface area contributed by atoms with Gasteiger partial charge in [-0.05, 0) is 31.9 Å². The summed E-state index contributed by atoms with van der Waals surface area (Å²) in [4.78, 5) is 25.0. The van der Waals surface area contributed by atoms with Gasteiger partial charge in [0.2, 0.25) is 0 Å². The fourth-order valence-electron chi connectivity index (χ4n) is 2.64. The van der Waals surface area contributed by atoms with Crippen molar-refractivity contribution in [2.75, 3.05) is 0 Å². The average Bonchev–Trinajstić information content (AvgIpc) is 3.21. The second-order valence-electron chi connectivity index (χ2n) is 5.54. The Morgan fingerprint density at radius 3 is 2.61 bits per heavy atom. The smallest absolute Gasteiger partial charge is 0.324 e. The number of carbonyl (C=O) groups is 1. The highest BCUT2D eigenvalue weighted by molar-refractivity contribution is 7.17. The third-order valence-corrected chi connectivity index (χ3v) is 4.95. The molecular formula is C16H15FN2O3S. The molecule has 1 fully saturated rings. The Balaban J connectivity index is 1.90. The normalized spacial score (nSPS) is 15.2. The lowest BCUT2D eigenvalue weighted by molar-refractivity contribution is -0.380. The first-order valence-electron chi connectivity index (χ1n) is 7.30. The van der Waals surface area contributed by atoms with Crippen molar-refractivity contribution in [3.8, 4) is 0 Å². The van der Waals surface area contributed by atoms with Crippen LogP contribution in [0.2, 0.25) is 0 Å². The summed E-state index contributed by atoms with van der Waals surface area (Å²) >= 11 is 0.855. The largest absolute Gasteiger partial charge is 0.328 e. The molecule has 0 aliphatic heterocycles. The van der Waals surface area contributed by atoms with Crippen LogP contribution in [-0.2, 0) is 0 Å². The van der Waals surface area contributed by atoms with Gasteiger partial charge in [0.25, 0.3) is 5.91 Å². The molecule has 0 spiro atoms. The molecule has 2 aromatic rings. The number of amides is 1. The van der Waals surface area contributed by atoms with Crippen LogP contribution < -0.4 is 0 Å². The average molecular weight is 334 g/mol. The molecule has 120 valence electrons. The van der Waals surface area contributed by atoms with Crippen molar-refractivity contribution in [2.45, 2.75) is 31.8 Å². The zero-order valence-corrected chi connectivity index (χ0v) is 13.3. The van der Waals surface area contributed by atoms with Gasteiger partial charge in [0.15, 0.2) is 0 Å². The van der Waals surface area contributed by atoms with Crippen LogP contribution in [0.15, 0.2) is 36.4 Å². The topological polar surface area (TPSA) is 63.5 Å². The molecule has 0 radical (unpaired) electrons. The molecule has 0 saturated heterocycles. The summed E-state index contributed by atoms with van der Waals surface area (Å²) in [6, 6.07) is 8.83. The zero-order valence-electron chi connectivity index (χ0n) is 12.4. The number of carbonyl (C=O) groups excluding carboxylic acids is 1. The molecule has 1 heterocycles. The lowest BCUT2D eigenvalue weighted by Gasteiger charge is -2.29. The molecular weight excluding hydrogens is 319 g/mol. The van der Waals surface area contributed by atoms with E-state index < -0.39 is 11.0 Å². The van der Waals surface area contributed by atoms with Crippen LogP contribution in [0.25, 0.3) is 0 Å². The molecule has 1 aliphatic rings. The highest BCUT2D eigenvalue weighted by Crippen LogP contribution is 2.37. The quantitative estimate of drug-likeness (QED) is 0.609. The third-order valence-electron chi connectivity index (χ3n) is 3.93. The molecule has 7 heteroatoms. The van der Waals surface area contributed by atoms with E-state index in [0.29, 0.717) is 10.4 Å². The molecule has 3 rings (SSSR count). The molecule has 23 heavy (non-hydrogen) atoms. The van der Waals surface area contributed by atoms with Crippen LogP contribution in [0.1, 0.15) is 41.0 Å².